The van der Waals surface area contributed by atoms with E-state index in [-0.39, 0.29) is 6.42 Å². The number of hydrogen-bond donors (Lipinski definition) is 1. The lowest BCUT2D eigenvalue weighted by Gasteiger charge is -2.21. The van der Waals surface area contributed by atoms with Gasteiger partial charge < -0.3 is 10.0 Å². The van der Waals surface area contributed by atoms with Gasteiger partial charge in [0.25, 0.3) is 0 Å². The fourth-order valence-electron chi connectivity index (χ4n) is 2.28. The van der Waals surface area contributed by atoms with Gasteiger partial charge in [0.2, 0.25) is 0 Å². The van der Waals surface area contributed by atoms with Crippen LogP contribution in [-0.2, 0) is 11.2 Å². The van der Waals surface area contributed by atoms with E-state index in [0.717, 1.165) is 19.5 Å². The number of rotatable bonds is 11. The van der Waals surface area contributed by atoms with Crippen LogP contribution in [0.25, 0.3) is 0 Å². The van der Waals surface area contributed by atoms with Gasteiger partial charge in [0.15, 0.2) is 0 Å². The molecule has 1 rings (SSSR count). The lowest BCUT2D eigenvalue weighted by molar-refractivity contribution is -0.137. The van der Waals surface area contributed by atoms with E-state index in [2.05, 4.69) is 36.1 Å². The summed E-state index contributed by atoms with van der Waals surface area (Å²) < 4.78 is 0. The molecule has 1 N–H and O–H groups in total. The van der Waals surface area contributed by atoms with Crippen molar-refractivity contribution in [1.82, 2.24) is 4.90 Å². The number of hydrogen-bond acceptors (Lipinski definition) is 2. The van der Waals surface area contributed by atoms with Crippen LogP contribution >= 0.6 is 0 Å². The van der Waals surface area contributed by atoms with Crippen LogP contribution in [0.1, 0.15) is 44.6 Å². The molecule has 0 aliphatic rings. The molecule has 0 saturated heterocycles. The Kier molecular flexibility index (Phi) is 8.72. The third-order valence-electron chi connectivity index (χ3n) is 3.53. The Morgan fingerprint density at radius 2 is 1.80 bits per heavy atom. The van der Waals surface area contributed by atoms with E-state index in [4.69, 9.17) is 5.11 Å². The van der Waals surface area contributed by atoms with E-state index < -0.39 is 5.97 Å². The summed E-state index contributed by atoms with van der Waals surface area (Å²) in [7, 11) is 0. The maximum Gasteiger partial charge on any atom is 0.304 e. The monoisotopic (exact) mass is 277 g/mol. The summed E-state index contributed by atoms with van der Waals surface area (Å²) in [5, 5.41) is 8.83. The number of carboxylic acids is 1. The van der Waals surface area contributed by atoms with Gasteiger partial charge >= 0.3 is 5.97 Å². The summed E-state index contributed by atoms with van der Waals surface area (Å²) in [6.07, 6.45) is 6.15. The average molecular weight is 277 g/mol. The Morgan fingerprint density at radius 3 is 2.45 bits per heavy atom. The smallest absolute Gasteiger partial charge is 0.304 e. The molecule has 0 atom stereocenters. The van der Waals surface area contributed by atoms with Crippen molar-refractivity contribution >= 4 is 5.97 Å². The van der Waals surface area contributed by atoms with Gasteiger partial charge in [-0.25, -0.2) is 0 Å². The van der Waals surface area contributed by atoms with Crippen LogP contribution in [0, 0.1) is 0 Å². The highest BCUT2D eigenvalue weighted by Crippen LogP contribution is 2.05. The lowest BCUT2D eigenvalue weighted by atomic mass is 10.1. The molecule has 0 fully saturated rings. The first-order chi connectivity index (χ1) is 9.72. The predicted octanol–water partition coefficient (Wildman–Crippen LogP) is 3.59. The molecule has 112 valence electrons. The largest absolute Gasteiger partial charge is 0.481 e. The van der Waals surface area contributed by atoms with Crippen molar-refractivity contribution in [3.63, 3.8) is 0 Å². The number of carboxylic acid groups (broad SMARTS) is 1. The zero-order valence-corrected chi connectivity index (χ0v) is 12.6. The summed E-state index contributed by atoms with van der Waals surface area (Å²) in [5.74, 6) is -0.705. The van der Waals surface area contributed by atoms with Crippen LogP contribution < -0.4 is 0 Å². The number of aliphatic carboxylic acids is 1. The normalized spacial score (nSPS) is 10.9. The third kappa shape index (κ3) is 7.95. The molecule has 0 aliphatic carbocycles. The van der Waals surface area contributed by atoms with Crippen molar-refractivity contribution in [2.24, 2.45) is 0 Å². The van der Waals surface area contributed by atoms with Gasteiger partial charge in [0, 0.05) is 13.1 Å². The SMILES string of the molecule is CCCCCCN(CCC(=O)O)CCc1ccccc1. The highest BCUT2D eigenvalue weighted by molar-refractivity contribution is 5.66. The molecule has 1 aromatic rings. The molecule has 0 saturated carbocycles. The maximum absolute atomic E-state index is 10.7. The topological polar surface area (TPSA) is 40.5 Å². The molecular formula is C17H27NO2. The van der Waals surface area contributed by atoms with Crippen molar-refractivity contribution in [2.45, 2.75) is 45.4 Å². The molecule has 0 aromatic heterocycles. The number of benzene rings is 1. The van der Waals surface area contributed by atoms with Crippen LogP contribution in [0.5, 0.6) is 0 Å². The van der Waals surface area contributed by atoms with Crippen LogP contribution in [0.4, 0.5) is 0 Å². The first-order valence-electron chi connectivity index (χ1n) is 7.70. The maximum atomic E-state index is 10.7. The van der Waals surface area contributed by atoms with E-state index in [1.165, 1.54) is 31.2 Å². The van der Waals surface area contributed by atoms with Gasteiger partial charge in [-0.3, -0.25) is 4.79 Å². The third-order valence-corrected chi connectivity index (χ3v) is 3.53. The second-order valence-electron chi connectivity index (χ2n) is 5.28. The number of unbranched alkanes of at least 4 members (excludes halogenated alkanes) is 3. The molecule has 0 bridgehead atoms. The van der Waals surface area contributed by atoms with Crippen LogP contribution in [0.3, 0.4) is 0 Å². The molecule has 0 amide bonds. The van der Waals surface area contributed by atoms with E-state index in [9.17, 15) is 4.79 Å². The summed E-state index contributed by atoms with van der Waals surface area (Å²) in [6.45, 7) is 4.83. The second-order valence-corrected chi connectivity index (χ2v) is 5.28. The van der Waals surface area contributed by atoms with Gasteiger partial charge in [0.1, 0.15) is 0 Å². The quantitative estimate of drug-likeness (QED) is 0.628. The van der Waals surface area contributed by atoms with E-state index in [1.807, 2.05) is 6.07 Å². The Hall–Kier alpha value is -1.35. The van der Waals surface area contributed by atoms with Gasteiger partial charge in [-0.1, -0.05) is 56.5 Å². The second kappa shape index (κ2) is 10.4. The van der Waals surface area contributed by atoms with Crippen molar-refractivity contribution < 1.29 is 9.90 Å². The minimum Gasteiger partial charge on any atom is -0.481 e. The molecule has 0 unspecified atom stereocenters. The van der Waals surface area contributed by atoms with E-state index in [1.54, 1.807) is 0 Å². The zero-order valence-electron chi connectivity index (χ0n) is 12.6. The van der Waals surface area contributed by atoms with Crippen molar-refractivity contribution in [2.75, 3.05) is 19.6 Å². The van der Waals surface area contributed by atoms with Crippen molar-refractivity contribution in [3.05, 3.63) is 35.9 Å². The zero-order chi connectivity index (χ0) is 14.6. The summed E-state index contributed by atoms with van der Waals surface area (Å²) >= 11 is 0. The first kappa shape index (κ1) is 16.7. The molecule has 0 radical (unpaired) electrons. The Labute approximate surface area is 122 Å². The minimum absolute atomic E-state index is 0.239. The molecule has 3 heteroatoms. The van der Waals surface area contributed by atoms with Gasteiger partial charge in [-0.05, 0) is 24.9 Å². The lowest BCUT2D eigenvalue weighted by Crippen LogP contribution is -2.29. The van der Waals surface area contributed by atoms with E-state index in [0.29, 0.717) is 6.54 Å². The molecule has 3 nitrogen and oxygen atoms in total. The highest BCUT2D eigenvalue weighted by atomic mass is 16.4. The molecule has 0 heterocycles. The van der Waals surface area contributed by atoms with Crippen LogP contribution in [0.2, 0.25) is 0 Å². The summed E-state index contributed by atoms with van der Waals surface area (Å²) in [6, 6.07) is 10.4. The summed E-state index contributed by atoms with van der Waals surface area (Å²) in [4.78, 5) is 13.0. The van der Waals surface area contributed by atoms with Crippen molar-refractivity contribution in [1.29, 1.82) is 0 Å². The molecule has 1 aromatic carbocycles. The minimum atomic E-state index is -0.705. The molecule has 0 spiro atoms. The Bertz CT molecular complexity index is 365. The number of nitrogens with zero attached hydrogens (tertiary/aromatic N) is 1. The van der Waals surface area contributed by atoms with Crippen LogP contribution in [-0.4, -0.2) is 35.6 Å². The predicted molar refractivity (Wildman–Crippen MR) is 83.0 cm³/mol. The molecule has 20 heavy (non-hydrogen) atoms. The fraction of sp³-hybridized carbons (Fsp3) is 0.588. The highest BCUT2D eigenvalue weighted by Gasteiger charge is 2.07. The van der Waals surface area contributed by atoms with Gasteiger partial charge in [-0.2, -0.15) is 0 Å². The first-order valence-corrected chi connectivity index (χ1v) is 7.70. The fourth-order valence-corrected chi connectivity index (χ4v) is 2.28. The standard InChI is InChI=1S/C17H27NO2/c1-2-3-4-8-13-18(15-12-17(19)20)14-11-16-9-6-5-7-10-16/h5-7,9-10H,2-4,8,11-15H2,1H3,(H,19,20). The van der Waals surface area contributed by atoms with E-state index >= 15 is 0 Å². The molecular weight excluding hydrogens is 250 g/mol. The average Bonchev–Trinajstić information content (AvgIpc) is 2.46. The summed E-state index contributed by atoms with van der Waals surface area (Å²) in [5.41, 5.74) is 1.32. The molecule has 0 aliphatic heterocycles. The Morgan fingerprint density at radius 1 is 1.05 bits per heavy atom. The Balaban J connectivity index is 2.34. The van der Waals surface area contributed by atoms with Gasteiger partial charge in [0.05, 0.1) is 6.42 Å². The number of carbonyl (C=O) groups is 1. The van der Waals surface area contributed by atoms with Gasteiger partial charge in [-0.15, -0.1) is 0 Å². The van der Waals surface area contributed by atoms with Crippen LogP contribution in [0.15, 0.2) is 30.3 Å². The van der Waals surface area contributed by atoms with Crippen molar-refractivity contribution in [3.8, 4) is 0 Å².